The summed E-state index contributed by atoms with van der Waals surface area (Å²) in [4.78, 5) is 8.60. The molecule has 6 nitrogen and oxygen atoms in total. The molecular weight excluding hydrogens is 344 g/mol. The number of nitrogens with zero attached hydrogens (tertiary/aromatic N) is 5. The largest absolute Gasteiger partial charge is 0.252 e. The van der Waals surface area contributed by atoms with E-state index in [1.807, 2.05) is 66.0 Å². The van der Waals surface area contributed by atoms with Crippen molar-refractivity contribution in [3.8, 4) is 11.3 Å². The van der Waals surface area contributed by atoms with Crippen molar-refractivity contribution in [1.82, 2.24) is 19.7 Å². The van der Waals surface area contributed by atoms with Crippen LogP contribution in [-0.2, 0) is 6.54 Å². The monoisotopic (exact) mass is 360 g/mol. The summed E-state index contributed by atoms with van der Waals surface area (Å²) in [5, 5.41) is 11.5. The number of anilines is 1. The maximum absolute atomic E-state index is 4.61. The van der Waals surface area contributed by atoms with Gasteiger partial charge in [-0.1, -0.05) is 60.7 Å². The molecule has 1 N–H and O–H groups in total. The molecule has 0 bridgehead atoms. The summed E-state index contributed by atoms with van der Waals surface area (Å²) in [7, 11) is 0. The molecule has 2 aromatic carbocycles. The number of hydrogen-bond donors (Lipinski definition) is 1. The van der Waals surface area contributed by atoms with Crippen molar-refractivity contribution in [2.75, 3.05) is 5.43 Å². The van der Waals surface area contributed by atoms with Gasteiger partial charge in [-0.05, 0) is 5.56 Å². The summed E-state index contributed by atoms with van der Waals surface area (Å²) in [6, 6.07) is 20.1. The molecule has 128 valence electrons. The van der Waals surface area contributed by atoms with Crippen molar-refractivity contribution in [3.63, 3.8) is 0 Å². The Bertz CT molecular complexity index is 977. The fraction of sp³-hybridized carbons (Fsp3) is 0.0526. The predicted octanol–water partition coefficient (Wildman–Crippen LogP) is 3.92. The maximum Gasteiger partial charge on any atom is 0.203 e. The lowest BCUT2D eigenvalue weighted by atomic mass is 10.1. The van der Waals surface area contributed by atoms with E-state index in [1.54, 1.807) is 11.0 Å². The average Bonchev–Trinajstić information content (AvgIpc) is 3.38. The van der Waals surface area contributed by atoms with Crippen LogP contribution in [0.2, 0.25) is 0 Å². The van der Waals surface area contributed by atoms with Gasteiger partial charge in [0.2, 0.25) is 5.13 Å². The van der Waals surface area contributed by atoms with E-state index in [4.69, 9.17) is 0 Å². The third-order valence-corrected chi connectivity index (χ3v) is 4.49. The summed E-state index contributed by atoms with van der Waals surface area (Å²) in [6.07, 6.45) is 3.19. The van der Waals surface area contributed by atoms with E-state index >= 15 is 0 Å². The normalized spacial score (nSPS) is 11.5. The van der Waals surface area contributed by atoms with Gasteiger partial charge in [0.05, 0.1) is 18.0 Å². The van der Waals surface area contributed by atoms with Gasteiger partial charge in [0, 0.05) is 10.9 Å². The van der Waals surface area contributed by atoms with Crippen molar-refractivity contribution in [2.45, 2.75) is 6.54 Å². The summed E-state index contributed by atoms with van der Waals surface area (Å²) in [5.41, 5.74) is 6.98. The summed E-state index contributed by atoms with van der Waals surface area (Å²) in [5.74, 6) is 0. The Morgan fingerprint density at radius 1 is 1.04 bits per heavy atom. The van der Waals surface area contributed by atoms with Crippen molar-refractivity contribution in [3.05, 3.63) is 84.3 Å². The second-order valence-corrected chi connectivity index (χ2v) is 6.39. The Balaban J connectivity index is 1.56. The highest BCUT2D eigenvalue weighted by Crippen LogP contribution is 2.24. The van der Waals surface area contributed by atoms with Crippen molar-refractivity contribution >= 4 is 22.2 Å². The zero-order chi connectivity index (χ0) is 17.6. The molecule has 2 aromatic heterocycles. The Morgan fingerprint density at radius 2 is 1.81 bits per heavy atom. The molecule has 0 aliphatic carbocycles. The first-order valence-corrected chi connectivity index (χ1v) is 8.98. The molecule has 0 spiro atoms. The molecule has 0 saturated heterocycles. The summed E-state index contributed by atoms with van der Waals surface area (Å²) < 4.78 is 1.74. The number of aromatic nitrogens is 4. The van der Waals surface area contributed by atoms with Gasteiger partial charge in [-0.15, -0.1) is 11.3 Å². The maximum atomic E-state index is 4.61. The van der Waals surface area contributed by atoms with Crippen LogP contribution in [-0.4, -0.2) is 25.5 Å². The number of rotatable bonds is 6. The Hall–Kier alpha value is -3.32. The van der Waals surface area contributed by atoms with Crippen LogP contribution in [0.3, 0.4) is 0 Å². The molecule has 2 heterocycles. The summed E-state index contributed by atoms with van der Waals surface area (Å²) in [6.45, 7) is 0.522. The molecule has 0 saturated carbocycles. The van der Waals surface area contributed by atoms with Crippen LogP contribution >= 0.6 is 11.3 Å². The van der Waals surface area contributed by atoms with Gasteiger partial charge in [0.1, 0.15) is 12.7 Å². The topological polar surface area (TPSA) is 68.0 Å². The molecule has 4 aromatic rings. The zero-order valence-corrected chi connectivity index (χ0v) is 14.7. The Morgan fingerprint density at radius 3 is 2.54 bits per heavy atom. The van der Waals surface area contributed by atoms with Gasteiger partial charge in [0.25, 0.3) is 0 Å². The molecule has 26 heavy (non-hydrogen) atoms. The van der Waals surface area contributed by atoms with E-state index < -0.39 is 0 Å². The highest BCUT2D eigenvalue weighted by atomic mass is 32.1. The highest BCUT2D eigenvalue weighted by Gasteiger charge is 2.07. The molecule has 0 amide bonds. The third-order valence-electron chi connectivity index (χ3n) is 3.75. The lowest BCUT2D eigenvalue weighted by Gasteiger charge is -2.07. The standard InChI is InChI=1S/C19H16N6S/c1-3-7-15(8-4-1)17(11-25-14-20-13-21-25)23-24-19-22-18(12-26-19)16-9-5-2-6-10-16/h1-10,12-14H,11H2,(H,22,24)/b23-17+. The van der Waals surface area contributed by atoms with Gasteiger partial charge in [0.15, 0.2) is 0 Å². The van der Waals surface area contributed by atoms with Gasteiger partial charge in [-0.2, -0.15) is 10.2 Å². The number of hydrazone groups is 1. The average molecular weight is 360 g/mol. The van der Waals surface area contributed by atoms with Crippen LogP contribution in [0.25, 0.3) is 11.3 Å². The number of thiazole rings is 1. The molecule has 7 heteroatoms. The second kappa shape index (κ2) is 7.71. The van der Waals surface area contributed by atoms with Crippen LogP contribution in [0.4, 0.5) is 5.13 Å². The third kappa shape index (κ3) is 3.84. The van der Waals surface area contributed by atoms with E-state index in [0.29, 0.717) is 6.54 Å². The second-order valence-electron chi connectivity index (χ2n) is 5.53. The summed E-state index contributed by atoms with van der Waals surface area (Å²) >= 11 is 1.53. The smallest absolute Gasteiger partial charge is 0.203 e. The fourth-order valence-electron chi connectivity index (χ4n) is 2.47. The Labute approximate surface area is 154 Å². The first kappa shape index (κ1) is 16.2. The quantitative estimate of drug-likeness (QED) is 0.418. The van der Waals surface area contributed by atoms with Crippen molar-refractivity contribution < 1.29 is 0 Å². The van der Waals surface area contributed by atoms with E-state index in [1.165, 1.54) is 17.7 Å². The molecule has 0 aliphatic heterocycles. The fourth-order valence-corrected chi connectivity index (χ4v) is 3.13. The number of hydrogen-bond acceptors (Lipinski definition) is 6. The van der Waals surface area contributed by atoms with Gasteiger partial charge in [-0.25, -0.2) is 14.6 Å². The molecule has 0 fully saturated rings. The first-order valence-electron chi connectivity index (χ1n) is 8.10. The SMILES string of the molecule is c1ccc(/C(Cn2cncn2)=N/Nc2nc(-c3ccccc3)cs2)cc1. The molecular formula is C19H16N6S. The molecule has 0 unspecified atom stereocenters. The van der Waals surface area contributed by atoms with Crippen LogP contribution in [0, 0.1) is 0 Å². The molecule has 4 rings (SSSR count). The Kier molecular flexibility index (Phi) is 4.79. The first-order chi connectivity index (χ1) is 12.9. The van der Waals surface area contributed by atoms with Crippen molar-refractivity contribution in [1.29, 1.82) is 0 Å². The van der Waals surface area contributed by atoms with Gasteiger partial charge in [-0.3, -0.25) is 5.43 Å². The van der Waals surface area contributed by atoms with Crippen LogP contribution < -0.4 is 5.43 Å². The number of benzene rings is 2. The van der Waals surface area contributed by atoms with E-state index in [-0.39, 0.29) is 0 Å². The number of nitrogens with one attached hydrogen (secondary N) is 1. The minimum Gasteiger partial charge on any atom is -0.252 e. The molecule has 0 radical (unpaired) electrons. The predicted molar refractivity (Wildman–Crippen MR) is 104 cm³/mol. The van der Waals surface area contributed by atoms with Crippen LogP contribution in [0.15, 0.2) is 83.8 Å². The van der Waals surface area contributed by atoms with Crippen LogP contribution in [0.1, 0.15) is 5.56 Å². The highest BCUT2D eigenvalue weighted by molar-refractivity contribution is 7.14. The van der Waals surface area contributed by atoms with Gasteiger partial charge >= 0.3 is 0 Å². The molecule has 0 aliphatic rings. The minimum absolute atomic E-state index is 0.522. The zero-order valence-electron chi connectivity index (χ0n) is 13.9. The lowest BCUT2D eigenvalue weighted by Crippen LogP contribution is -2.14. The minimum atomic E-state index is 0.522. The van der Waals surface area contributed by atoms with Crippen LogP contribution in [0.5, 0.6) is 0 Å². The van der Waals surface area contributed by atoms with Crippen molar-refractivity contribution in [2.24, 2.45) is 5.10 Å². The van der Waals surface area contributed by atoms with E-state index in [0.717, 1.165) is 27.7 Å². The lowest BCUT2D eigenvalue weighted by molar-refractivity contribution is 0.721. The van der Waals surface area contributed by atoms with Gasteiger partial charge < -0.3 is 0 Å². The van der Waals surface area contributed by atoms with E-state index in [9.17, 15) is 0 Å². The molecule has 0 atom stereocenters. The van der Waals surface area contributed by atoms with E-state index in [2.05, 4.69) is 25.6 Å².